The van der Waals surface area contributed by atoms with E-state index in [1.54, 1.807) is 0 Å². The van der Waals surface area contributed by atoms with Crippen LogP contribution in [0.25, 0.3) is 0 Å². The molecular formula is C15H11BrFN3O3. The molecule has 2 aromatic rings. The lowest BCUT2D eigenvalue weighted by molar-refractivity contribution is -0.385. The lowest BCUT2D eigenvalue weighted by Gasteiger charge is -2.04. The molecule has 0 heterocycles. The van der Waals surface area contributed by atoms with Crippen LogP contribution >= 0.6 is 15.9 Å². The van der Waals surface area contributed by atoms with Crippen molar-refractivity contribution in [2.75, 3.05) is 0 Å². The van der Waals surface area contributed by atoms with Gasteiger partial charge in [-0.25, -0.2) is 9.82 Å². The van der Waals surface area contributed by atoms with Crippen LogP contribution in [0.5, 0.6) is 0 Å². The van der Waals surface area contributed by atoms with Crippen LogP contribution in [0, 0.1) is 22.9 Å². The maximum absolute atomic E-state index is 13.1. The smallest absolute Gasteiger partial charge is 0.267 e. The molecule has 2 rings (SSSR count). The molecule has 0 fully saturated rings. The molecular weight excluding hydrogens is 369 g/mol. The van der Waals surface area contributed by atoms with Gasteiger partial charge in [-0.05, 0) is 46.6 Å². The summed E-state index contributed by atoms with van der Waals surface area (Å²) in [5.74, 6) is -0.970. The van der Waals surface area contributed by atoms with E-state index in [2.05, 4.69) is 26.5 Å². The van der Waals surface area contributed by atoms with E-state index in [-0.39, 0.29) is 21.3 Å². The zero-order valence-electron chi connectivity index (χ0n) is 11.9. The van der Waals surface area contributed by atoms with Crippen LogP contribution < -0.4 is 5.43 Å². The Labute approximate surface area is 139 Å². The van der Waals surface area contributed by atoms with E-state index in [0.717, 1.165) is 0 Å². The Bertz CT molecular complexity index is 809. The minimum atomic E-state index is -0.566. The molecule has 6 nitrogen and oxygen atoms in total. The summed E-state index contributed by atoms with van der Waals surface area (Å²) in [6.07, 6.45) is 1.34. The Morgan fingerprint density at radius 1 is 1.39 bits per heavy atom. The van der Waals surface area contributed by atoms with E-state index in [1.165, 1.54) is 49.5 Å². The summed E-state index contributed by atoms with van der Waals surface area (Å²) in [7, 11) is 0. The normalized spacial score (nSPS) is 10.7. The van der Waals surface area contributed by atoms with Crippen molar-refractivity contribution in [2.24, 2.45) is 5.10 Å². The van der Waals surface area contributed by atoms with Crippen LogP contribution in [0.2, 0.25) is 0 Å². The number of nitro groups is 1. The summed E-state index contributed by atoms with van der Waals surface area (Å²) in [6, 6.07) is 8.49. The molecule has 0 aliphatic heterocycles. The lowest BCUT2D eigenvalue weighted by atomic mass is 10.1. The van der Waals surface area contributed by atoms with Gasteiger partial charge in [0.05, 0.1) is 21.2 Å². The fourth-order valence-corrected chi connectivity index (χ4v) is 2.28. The molecule has 23 heavy (non-hydrogen) atoms. The number of amides is 1. The zero-order valence-corrected chi connectivity index (χ0v) is 13.5. The Morgan fingerprint density at radius 3 is 2.78 bits per heavy atom. The van der Waals surface area contributed by atoms with E-state index < -0.39 is 16.6 Å². The molecule has 118 valence electrons. The number of benzene rings is 2. The Kier molecular flexibility index (Phi) is 5.17. The minimum Gasteiger partial charge on any atom is -0.267 e. The summed E-state index contributed by atoms with van der Waals surface area (Å²) in [6.45, 7) is 1.49. The Morgan fingerprint density at radius 2 is 2.13 bits per heavy atom. The SMILES string of the molecule is Cc1c(C(=O)N/N=C/c2ccc(F)c(Br)c2)cccc1[N+](=O)[O-]. The fraction of sp³-hybridized carbons (Fsp3) is 0.0667. The van der Waals surface area contributed by atoms with E-state index in [9.17, 15) is 19.3 Å². The monoisotopic (exact) mass is 379 g/mol. The highest BCUT2D eigenvalue weighted by atomic mass is 79.9. The largest absolute Gasteiger partial charge is 0.273 e. The van der Waals surface area contributed by atoms with Gasteiger partial charge in [0, 0.05) is 11.6 Å². The Hall–Kier alpha value is -2.61. The summed E-state index contributed by atoms with van der Waals surface area (Å²) in [4.78, 5) is 22.3. The minimum absolute atomic E-state index is 0.135. The molecule has 1 N–H and O–H groups in total. The molecule has 0 aliphatic carbocycles. The molecule has 0 saturated heterocycles. The van der Waals surface area contributed by atoms with Crippen molar-refractivity contribution in [1.82, 2.24) is 5.43 Å². The van der Waals surface area contributed by atoms with Gasteiger partial charge in [-0.1, -0.05) is 12.1 Å². The molecule has 0 spiro atoms. The van der Waals surface area contributed by atoms with Crippen LogP contribution in [0.3, 0.4) is 0 Å². The highest BCUT2D eigenvalue weighted by Gasteiger charge is 2.17. The second-order valence-electron chi connectivity index (χ2n) is 4.58. The first-order chi connectivity index (χ1) is 10.9. The van der Waals surface area contributed by atoms with E-state index >= 15 is 0 Å². The average molecular weight is 380 g/mol. The number of hydrazone groups is 1. The highest BCUT2D eigenvalue weighted by molar-refractivity contribution is 9.10. The molecule has 8 heteroatoms. The molecule has 0 unspecified atom stereocenters. The Balaban J connectivity index is 2.13. The number of carbonyl (C=O) groups excluding carboxylic acids is 1. The van der Waals surface area contributed by atoms with E-state index in [0.29, 0.717) is 5.56 Å². The summed E-state index contributed by atoms with van der Waals surface area (Å²) >= 11 is 3.05. The second kappa shape index (κ2) is 7.10. The quantitative estimate of drug-likeness (QED) is 0.500. The maximum Gasteiger partial charge on any atom is 0.273 e. The van der Waals surface area contributed by atoms with Crippen LogP contribution in [0.4, 0.5) is 10.1 Å². The number of nitro benzene ring substituents is 1. The number of nitrogens with zero attached hydrogens (tertiary/aromatic N) is 2. The van der Waals surface area contributed by atoms with Crippen molar-refractivity contribution in [3.05, 3.63) is 73.5 Å². The van der Waals surface area contributed by atoms with E-state index in [4.69, 9.17) is 0 Å². The van der Waals surface area contributed by atoms with Gasteiger partial charge in [-0.2, -0.15) is 5.10 Å². The van der Waals surface area contributed by atoms with Crippen molar-refractivity contribution in [2.45, 2.75) is 6.92 Å². The predicted octanol–water partition coefficient (Wildman–Crippen LogP) is 3.57. The molecule has 0 aliphatic rings. The standard InChI is InChI=1S/C15H11BrFN3O3/c1-9-11(3-2-4-14(9)20(22)23)15(21)19-18-8-10-5-6-13(17)12(16)7-10/h2-8H,1H3,(H,19,21)/b18-8+. The third-order valence-corrected chi connectivity index (χ3v) is 3.68. The highest BCUT2D eigenvalue weighted by Crippen LogP contribution is 2.21. The van der Waals surface area contributed by atoms with Gasteiger partial charge < -0.3 is 0 Å². The fourth-order valence-electron chi connectivity index (χ4n) is 1.89. The van der Waals surface area contributed by atoms with Crippen LogP contribution in [0.1, 0.15) is 21.5 Å². The van der Waals surface area contributed by atoms with Gasteiger partial charge in [0.1, 0.15) is 5.82 Å². The lowest BCUT2D eigenvalue weighted by Crippen LogP contribution is -2.19. The molecule has 1 amide bonds. The van der Waals surface area contributed by atoms with Crippen molar-refractivity contribution in [3.63, 3.8) is 0 Å². The first-order valence-electron chi connectivity index (χ1n) is 6.42. The van der Waals surface area contributed by atoms with Gasteiger partial charge in [-0.15, -0.1) is 0 Å². The first-order valence-corrected chi connectivity index (χ1v) is 7.22. The van der Waals surface area contributed by atoms with Crippen LogP contribution in [0.15, 0.2) is 46.0 Å². The number of carbonyl (C=O) groups is 1. The number of nitrogens with one attached hydrogen (secondary N) is 1. The molecule has 0 bridgehead atoms. The number of hydrogen-bond donors (Lipinski definition) is 1. The maximum atomic E-state index is 13.1. The molecule has 0 saturated carbocycles. The van der Waals surface area contributed by atoms with Crippen molar-refractivity contribution >= 4 is 33.7 Å². The number of hydrogen-bond acceptors (Lipinski definition) is 4. The number of halogens is 2. The molecule has 2 aromatic carbocycles. The summed E-state index contributed by atoms with van der Waals surface area (Å²) in [5, 5.41) is 14.6. The van der Waals surface area contributed by atoms with E-state index in [1.807, 2.05) is 0 Å². The van der Waals surface area contributed by atoms with Gasteiger partial charge in [0.15, 0.2) is 0 Å². The van der Waals surface area contributed by atoms with Crippen molar-refractivity contribution < 1.29 is 14.1 Å². The van der Waals surface area contributed by atoms with Gasteiger partial charge in [-0.3, -0.25) is 14.9 Å². The summed E-state index contributed by atoms with van der Waals surface area (Å²) < 4.78 is 13.4. The van der Waals surface area contributed by atoms with Gasteiger partial charge >= 0.3 is 0 Å². The van der Waals surface area contributed by atoms with Crippen LogP contribution in [-0.4, -0.2) is 17.0 Å². The van der Waals surface area contributed by atoms with Gasteiger partial charge in [0.25, 0.3) is 11.6 Å². The second-order valence-corrected chi connectivity index (χ2v) is 5.43. The first kappa shape index (κ1) is 16.8. The summed E-state index contributed by atoms with van der Waals surface area (Å²) in [5.41, 5.74) is 3.15. The third-order valence-electron chi connectivity index (χ3n) is 3.07. The molecule has 0 atom stereocenters. The zero-order chi connectivity index (χ0) is 17.0. The third kappa shape index (κ3) is 3.98. The predicted molar refractivity (Wildman–Crippen MR) is 87.0 cm³/mol. The van der Waals surface area contributed by atoms with Crippen molar-refractivity contribution in [3.8, 4) is 0 Å². The number of rotatable bonds is 4. The molecule has 0 aromatic heterocycles. The van der Waals surface area contributed by atoms with Gasteiger partial charge in [0.2, 0.25) is 0 Å². The molecule has 0 radical (unpaired) electrons. The van der Waals surface area contributed by atoms with Crippen molar-refractivity contribution in [1.29, 1.82) is 0 Å². The van der Waals surface area contributed by atoms with Crippen LogP contribution in [-0.2, 0) is 0 Å². The topological polar surface area (TPSA) is 84.6 Å². The average Bonchev–Trinajstić information content (AvgIpc) is 2.50.